The van der Waals surface area contributed by atoms with E-state index >= 15 is 0 Å². The van der Waals surface area contributed by atoms with Gasteiger partial charge in [-0.1, -0.05) is 35.0 Å². The summed E-state index contributed by atoms with van der Waals surface area (Å²) in [6.45, 7) is 4.06. The number of hydrogen-bond acceptors (Lipinski definition) is 3. The Hall–Kier alpha value is -1.55. The molecule has 0 saturated heterocycles. The van der Waals surface area contributed by atoms with Gasteiger partial charge in [-0.05, 0) is 37.8 Å². The van der Waals surface area contributed by atoms with E-state index in [4.69, 9.17) is 10.9 Å². The lowest BCUT2D eigenvalue weighted by Crippen LogP contribution is -2.29. The Kier molecular flexibility index (Phi) is 4.10. The van der Waals surface area contributed by atoms with Gasteiger partial charge in [0.05, 0.1) is 0 Å². The molecule has 0 atom stereocenters. The quantitative estimate of drug-likeness (QED) is 0.357. The van der Waals surface area contributed by atoms with Gasteiger partial charge in [0, 0.05) is 19.5 Å². The van der Waals surface area contributed by atoms with Crippen LogP contribution in [0.5, 0.6) is 0 Å². The second-order valence-corrected chi connectivity index (χ2v) is 5.93. The highest BCUT2D eigenvalue weighted by atomic mass is 16.4. The summed E-state index contributed by atoms with van der Waals surface area (Å²) in [6, 6.07) is 8.60. The van der Waals surface area contributed by atoms with Gasteiger partial charge in [-0.3, -0.25) is 0 Å². The summed E-state index contributed by atoms with van der Waals surface area (Å²) in [5.41, 5.74) is 8.49. The van der Waals surface area contributed by atoms with E-state index in [9.17, 15) is 0 Å². The third-order valence-corrected chi connectivity index (χ3v) is 3.78. The van der Waals surface area contributed by atoms with Crippen LogP contribution in [-0.2, 0) is 6.54 Å². The van der Waals surface area contributed by atoms with Gasteiger partial charge in [-0.2, -0.15) is 0 Å². The first-order chi connectivity index (χ1) is 9.03. The lowest BCUT2D eigenvalue weighted by atomic mass is 10.0. The summed E-state index contributed by atoms with van der Waals surface area (Å²) in [4.78, 5) is 2.33. The van der Waals surface area contributed by atoms with Crippen LogP contribution in [0.3, 0.4) is 0 Å². The molecule has 104 valence electrons. The highest BCUT2D eigenvalue weighted by Crippen LogP contribution is 2.49. The van der Waals surface area contributed by atoms with Crippen LogP contribution < -0.4 is 5.73 Å². The first-order valence-corrected chi connectivity index (χ1v) is 6.73. The SMILES string of the molecule is Cc1cccc(CN(C)CC2(CC(N)=NO)CC2)c1. The van der Waals surface area contributed by atoms with E-state index in [1.807, 2.05) is 0 Å². The summed E-state index contributed by atoms with van der Waals surface area (Å²) < 4.78 is 0. The minimum Gasteiger partial charge on any atom is -0.409 e. The summed E-state index contributed by atoms with van der Waals surface area (Å²) in [5.74, 6) is 0.349. The molecule has 0 unspecified atom stereocenters. The van der Waals surface area contributed by atoms with Crippen LogP contribution in [0.15, 0.2) is 29.4 Å². The molecular weight excluding hydrogens is 238 g/mol. The molecular formula is C15H23N3O. The Balaban J connectivity index is 1.89. The molecule has 1 aliphatic rings. The predicted octanol–water partition coefficient (Wildman–Crippen LogP) is 2.34. The Bertz CT molecular complexity index is 466. The van der Waals surface area contributed by atoms with Gasteiger partial charge >= 0.3 is 0 Å². The van der Waals surface area contributed by atoms with Gasteiger partial charge in [-0.25, -0.2) is 0 Å². The third kappa shape index (κ3) is 3.96. The number of aryl methyl sites for hydroxylation is 1. The maximum absolute atomic E-state index is 8.68. The van der Waals surface area contributed by atoms with Crippen molar-refractivity contribution in [2.45, 2.75) is 32.7 Å². The fraction of sp³-hybridized carbons (Fsp3) is 0.533. The number of amidine groups is 1. The maximum atomic E-state index is 8.68. The number of rotatable bonds is 6. The molecule has 3 N–H and O–H groups in total. The average molecular weight is 261 g/mol. The van der Waals surface area contributed by atoms with Crippen molar-refractivity contribution in [2.24, 2.45) is 16.3 Å². The number of oxime groups is 1. The minimum atomic E-state index is 0.231. The van der Waals surface area contributed by atoms with E-state index < -0.39 is 0 Å². The molecule has 1 aromatic carbocycles. The molecule has 1 saturated carbocycles. The molecule has 0 spiro atoms. The smallest absolute Gasteiger partial charge is 0.139 e. The maximum Gasteiger partial charge on any atom is 0.139 e. The second kappa shape index (κ2) is 5.61. The number of hydrogen-bond donors (Lipinski definition) is 2. The Morgan fingerprint density at radius 3 is 2.79 bits per heavy atom. The van der Waals surface area contributed by atoms with Crippen molar-refractivity contribution in [3.05, 3.63) is 35.4 Å². The zero-order valence-electron chi connectivity index (χ0n) is 11.8. The molecule has 0 radical (unpaired) electrons. The van der Waals surface area contributed by atoms with E-state index in [-0.39, 0.29) is 5.41 Å². The minimum absolute atomic E-state index is 0.231. The fourth-order valence-corrected chi connectivity index (χ4v) is 2.74. The van der Waals surface area contributed by atoms with Crippen molar-refractivity contribution < 1.29 is 5.21 Å². The second-order valence-electron chi connectivity index (χ2n) is 5.93. The highest BCUT2D eigenvalue weighted by molar-refractivity contribution is 5.80. The highest BCUT2D eigenvalue weighted by Gasteiger charge is 2.43. The number of nitrogens with two attached hydrogens (primary N) is 1. The van der Waals surface area contributed by atoms with Crippen LogP contribution in [-0.4, -0.2) is 29.5 Å². The summed E-state index contributed by atoms with van der Waals surface area (Å²) in [6.07, 6.45) is 3.03. The van der Waals surface area contributed by atoms with Gasteiger partial charge in [-0.15, -0.1) is 0 Å². The summed E-state index contributed by atoms with van der Waals surface area (Å²) in [5, 5.41) is 11.8. The fourth-order valence-electron chi connectivity index (χ4n) is 2.74. The molecule has 19 heavy (non-hydrogen) atoms. The topological polar surface area (TPSA) is 61.8 Å². The van der Waals surface area contributed by atoms with Crippen LogP contribution in [0, 0.1) is 12.3 Å². The van der Waals surface area contributed by atoms with Crippen LogP contribution in [0.4, 0.5) is 0 Å². The van der Waals surface area contributed by atoms with Crippen LogP contribution in [0.25, 0.3) is 0 Å². The van der Waals surface area contributed by atoms with Crippen molar-refractivity contribution in [3.8, 4) is 0 Å². The van der Waals surface area contributed by atoms with Gasteiger partial charge in [0.15, 0.2) is 0 Å². The number of benzene rings is 1. The molecule has 2 rings (SSSR count). The van der Waals surface area contributed by atoms with Crippen LogP contribution in [0.2, 0.25) is 0 Å². The Morgan fingerprint density at radius 2 is 2.21 bits per heavy atom. The van der Waals surface area contributed by atoms with E-state index in [0.717, 1.165) is 13.1 Å². The molecule has 0 aliphatic heterocycles. The molecule has 1 aromatic rings. The Morgan fingerprint density at radius 1 is 1.47 bits per heavy atom. The van der Waals surface area contributed by atoms with Crippen molar-refractivity contribution in [1.29, 1.82) is 0 Å². The summed E-state index contributed by atoms with van der Waals surface area (Å²) in [7, 11) is 2.13. The van der Waals surface area contributed by atoms with E-state index in [1.165, 1.54) is 24.0 Å². The summed E-state index contributed by atoms with van der Waals surface area (Å²) >= 11 is 0. The largest absolute Gasteiger partial charge is 0.409 e. The normalized spacial score (nSPS) is 17.7. The first-order valence-electron chi connectivity index (χ1n) is 6.73. The zero-order valence-corrected chi connectivity index (χ0v) is 11.8. The Labute approximate surface area is 114 Å². The van der Waals surface area contributed by atoms with Crippen LogP contribution in [0.1, 0.15) is 30.4 Å². The van der Waals surface area contributed by atoms with E-state index in [1.54, 1.807) is 0 Å². The van der Waals surface area contributed by atoms with E-state index in [2.05, 4.69) is 48.3 Å². The van der Waals surface area contributed by atoms with Crippen molar-refractivity contribution in [1.82, 2.24) is 4.90 Å². The predicted molar refractivity (Wildman–Crippen MR) is 77.2 cm³/mol. The molecule has 4 heteroatoms. The van der Waals surface area contributed by atoms with E-state index in [0.29, 0.717) is 12.3 Å². The van der Waals surface area contributed by atoms with Gasteiger partial charge < -0.3 is 15.8 Å². The monoisotopic (exact) mass is 261 g/mol. The molecule has 0 amide bonds. The molecule has 0 aromatic heterocycles. The van der Waals surface area contributed by atoms with Gasteiger partial charge in [0.1, 0.15) is 5.84 Å². The van der Waals surface area contributed by atoms with Gasteiger partial charge in [0.2, 0.25) is 0 Å². The van der Waals surface area contributed by atoms with Crippen molar-refractivity contribution in [2.75, 3.05) is 13.6 Å². The van der Waals surface area contributed by atoms with Crippen molar-refractivity contribution in [3.63, 3.8) is 0 Å². The standard InChI is InChI=1S/C15H23N3O/c1-12-4-3-5-13(8-12)10-18(2)11-15(6-7-15)9-14(16)17-19/h3-5,8,19H,6-7,9-11H2,1-2H3,(H2,16,17). The van der Waals surface area contributed by atoms with Crippen molar-refractivity contribution >= 4 is 5.84 Å². The third-order valence-electron chi connectivity index (χ3n) is 3.78. The van der Waals surface area contributed by atoms with Crippen LogP contribution >= 0.6 is 0 Å². The first kappa shape index (κ1) is 13.9. The molecule has 1 aliphatic carbocycles. The molecule has 1 fully saturated rings. The van der Waals surface area contributed by atoms with Gasteiger partial charge in [0.25, 0.3) is 0 Å². The lowest BCUT2D eigenvalue weighted by Gasteiger charge is -2.23. The molecule has 4 nitrogen and oxygen atoms in total. The molecule has 0 bridgehead atoms. The lowest BCUT2D eigenvalue weighted by molar-refractivity contribution is 0.256. The molecule has 0 heterocycles. The number of nitrogens with zero attached hydrogens (tertiary/aromatic N) is 2. The zero-order chi connectivity index (χ0) is 13.9. The average Bonchev–Trinajstić information content (AvgIpc) is 3.08.